The molecule has 2 heterocycles. The highest BCUT2D eigenvalue weighted by molar-refractivity contribution is 6.31. The van der Waals surface area contributed by atoms with Gasteiger partial charge in [-0.05, 0) is 36.4 Å². The Morgan fingerprint density at radius 3 is 2.50 bits per heavy atom. The van der Waals surface area contributed by atoms with Gasteiger partial charge in [0.2, 0.25) is 0 Å². The monoisotopic (exact) mass is 388 g/mol. The van der Waals surface area contributed by atoms with E-state index < -0.39 is 0 Å². The molecule has 4 rings (SSSR count). The van der Waals surface area contributed by atoms with Gasteiger partial charge in [0.15, 0.2) is 0 Å². The first kappa shape index (κ1) is 17.3. The van der Waals surface area contributed by atoms with Crippen LogP contribution in [0.1, 0.15) is 0 Å². The topological polar surface area (TPSA) is 41.4 Å². The molecule has 0 N–H and O–H groups in total. The number of piperazine rings is 1. The predicted molar refractivity (Wildman–Crippen MR) is 106 cm³/mol. The molecule has 1 fully saturated rings. The summed E-state index contributed by atoms with van der Waals surface area (Å²) < 4.78 is 1.65. The second-order valence-electron chi connectivity index (χ2n) is 6.41. The highest BCUT2D eigenvalue weighted by Crippen LogP contribution is 2.21. The normalized spacial score (nSPS) is 15.5. The Labute approximate surface area is 161 Å². The SMILES string of the molecule is O=c1c2cc(Cl)ccc2ncn1CN1CCN(c2cccc(Cl)c2)CC1. The van der Waals surface area contributed by atoms with Gasteiger partial charge in [0.05, 0.1) is 23.9 Å². The molecule has 0 unspecified atom stereocenters. The standard InChI is InChI=1S/C19H18Cl2N4O/c20-14-2-1-3-16(10-14)24-8-6-23(7-9-24)13-25-12-22-18-5-4-15(21)11-17(18)19(25)26/h1-5,10-12H,6-9,13H2. The van der Waals surface area contributed by atoms with Crippen LogP contribution in [0.15, 0.2) is 53.6 Å². The van der Waals surface area contributed by atoms with E-state index in [0.29, 0.717) is 22.6 Å². The van der Waals surface area contributed by atoms with Crippen LogP contribution in [-0.4, -0.2) is 40.6 Å². The summed E-state index contributed by atoms with van der Waals surface area (Å²) in [6, 6.07) is 13.1. The zero-order chi connectivity index (χ0) is 18.1. The van der Waals surface area contributed by atoms with Gasteiger partial charge in [-0.15, -0.1) is 0 Å². The van der Waals surface area contributed by atoms with Crippen LogP contribution in [0.5, 0.6) is 0 Å². The van der Waals surface area contributed by atoms with Gasteiger partial charge in [-0.2, -0.15) is 0 Å². The molecular weight excluding hydrogens is 371 g/mol. The van der Waals surface area contributed by atoms with Crippen LogP contribution in [0.4, 0.5) is 5.69 Å². The van der Waals surface area contributed by atoms with Crippen LogP contribution < -0.4 is 10.5 Å². The van der Waals surface area contributed by atoms with Crippen LogP contribution in [-0.2, 0) is 6.67 Å². The zero-order valence-electron chi connectivity index (χ0n) is 14.1. The molecule has 0 amide bonds. The van der Waals surface area contributed by atoms with Crippen LogP contribution in [0, 0.1) is 0 Å². The van der Waals surface area contributed by atoms with Crippen LogP contribution in [0.3, 0.4) is 0 Å². The smallest absolute Gasteiger partial charge is 0.262 e. The van der Waals surface area contributed by atoms with E-state index >= 15 is 0 Å². The molecule has 1 aliphatic rings. The molecule has 0 bridgehead atoms. The Kier molecular flexibility index (Phi) is 4.85. The van der Waals surface area contributed by atoms with Crippen molar-refractivity contribution in [2.45, 2.75) is 6.67 Å². The molecule has 1 aliphatic heterocycles. The number of nitrogens with zero attached hydrogens (tertiary/aromatic N) is 4. The van der Waals surface area contributed by atoms with Crippen molar-refractivity contribution in [1.82, 2.24) is 14.5 Å². The molecule has 2 aromatic carbocycles. The van der Waals surface area contributed by atoms with E-state index in [1.54, 1.807) is 29.1 Å². The average Bonchev–Trinajstić information content (AvgIpc) is 2.65. The molecule has 1 aromatic heterocycles. The van der Waals surface area contributed by atoms with E-state index in [4.69, 9.17) is 23.2 Å². The van der Waals surface area contributed by atoms with Gasteiger partial charge in [-0.3, -0.25) is 14.3 Å². The third kappa shape index (κ3) is 3.56. The first-order valence-corrected chi connectivity index (χ1v) is 9.23. The van der Waals surface area contributed by atoms with E-state index in [1.807, 2.05) is 18.2 Å². The number of rotatable bonds is 3. The maximum atomic E-state index is 12.7. The van der Waals surface area contributed by atoms with E-state index in [2.05, 4.69) is 20.9 Å². The fraction of sp³-hybridized carbons (Fsp3) is 0.263. The molecule has 0 spiro atoms. The number of benzene rings is 2. The maximum absolute atomic E-state index is 12.7. The second-order valence-corrected chi connectivity index (χ2v) is 7.28. The molecule has 26 heavy (non-hydrogen) atoms. The van der Waals surface area contributed by atoms with E-state index in [1.165, 1.54) is 0 Å². The van der Waals surface area contributed by atoms with Crippen molar-refractivity contribution in [3.63, 3.8) is 0 Å². The molecular formula is C19H18Cl2N4O. The minimum atomic E-state index is -0.0604. The average molecular weight is 389 g/mol. The lowest BCUT2D eigenvalue weighted by molar-refractivity contribution is 0.203. The lowest BCUT2D eigenvalue weighted by Crippen LogP contribution is -2.47. The summed E-state index contributed by atoms with van der Waals surface area (Å²) >= 11 is 12.1. The first-order chi connectivity index (χ1) is 12.6. The van der Waals surface area contributed by atoms with Gasteiger partial charge in [0, 0.05) is 41.9 Å². The largest absolute Gasteiger partial charge is 0.369 e. The van der Waals surface area contributed by atoms with Gasteiger partial charge in [0.25, 0.3) is 5.56 Å². The maximum Gasteiger partial charge on any atom is 0.262 e. The molecule has 5 nitrogen and oxygen atoms in total. The summed E-state index contributed by atoms with van der Waals surface area (Å²) in [5, 5.41) is 1.85. The number of hydrogen-bond acceptors (Lipinski definition) is 4. The summed E-state index contributed by atoms with van der Waals surface area (Å²) in [5.41, 5.74) is 1.74. The molecule has 0 radical (unpaired) electrons. The van der Waals surface area contributed by atoms with E-state index in [9.17, 15) is 4.79 Å². The first-order valence-electron chi connectivity index (χ1n) is 8.48. The van der Waals surface area contributed by atoms with Crippen molar-refractivity contribution in [2.24, 2.45) is 0 Å². The van der Waals surface area contributed by atoms with Crippen molar-refractivity contribution in [3.8, 4) is 0 Å². The van der Waals surface area contributed by atoms with Gasteiger partial charge in [-0.25, -0.2) is 4.98 Å². The summed E-state index contributed by atoms with van der Waals surface area (Å²) in [5.74, 6) is 0. The minimum Gasteiger partial charge on any atom is -0.369 e. The summed E-state index contributed by atoms with van der Waals surface area (Å²) in [6.07, 6.45) is 1.61. The zero-order valence-corrected chi connectivity index (χ0v) is 15.6. The molecule has 0 atom stereocenters. The van der Waals surface area contributed by atoms with Gasteiger partial charge < -0.3 is 4.90 Å². The van der Waals surface area contributed by atoms with Crippen LogP contribution in [0.2, 0.25) is 10.0 Å². The molecule has 0 aliphatic carbocycles. The summed E-state index contributed by atoms with van der Waals surface area (Å²) in [6.45, 7) is 4.04. The Morgan fingerprint density at radius 2 is 1.73 bits per heavy atom. The number of halogens is 2. The summed E-state index contributed by atoms with van der Waals surface area (Å²) in [4.78, 5) is 21.6. The van der Waals surface area contributed by atoms with Crippen molar-refractivity contribution in [3.05, 3.63) is 69.2 Å². The molecule has 7 heteroatoms. The van der Waals surface area contributed by atoms with E-state index in [0.717, 1.165) is 36.9 Å². The second kappa shape index (κ2) is 7.27. The lowest BCUT2D eigenvalue weighted by atomic mass is 10.2. The van der Waals surface area contributed by atoms with Crippen molar-refractivity contribution in [1.29, 1.82) is 0 Å². The molecule has 3 aromatic rings. The van der Waals surface area contributed by atoms with Crippen molar-refractivity contribution < 1.29 is 0 Å². The van der Waals surface area contributed by atoms with Crippen LogP contribution >= 0.6 is 23.2 Å². The number of hydrogen-bond donors (Lipinski definition) is 0. The number of aromatic nitrogens is 2. The van der Waals surface area contributed by atoms with E-state index in [-0.39, 0.29) is 5.56 Å². The molecule has 0 saturated carbocycles. The Morgan fingerprint density at radius 1 is 0.962 bits per heavy atom. The third-order valence-electron chi connectivity index (χ3n) is 4.68. The third-order valence-corrected chi connectivity index (χ3v) is 5.15. The van der Waals surface area contributed by atoms with Gasteiger partial charge in [0.1, 0.15) is 0 Å². The Balaban J connectivity index is 1.47. The fourth-order valence-corrected chi connectivity index (χ4v) is 3.62. The quantitative estimate of drug-likeness (QED) is 0.688. The minimum absolute atomic E-state index is 0.0604. The highest BCUT2D eigenvalue weighted by atomic mass is 35.5. The Hall–Kier alpha value is -2.08. The number of fused-ring (bicyclic) bond motifs is 1. The van der Waals surface area contributed by atoms with Crippen molar-refractivity contribution in [2.75, 3.05) is 31.1 Å². The van der Waals surface area contributed by atoms with Gasteiger partial charge >= 0.3 is 0 Å². The highest BCUT2D eigenvalue weighted by Gasteiger charge is 2.18. The Bertz CT molecular complexity index is 996. The van der Waals surface area contributed by atoms with Crippen LogP contribution in [0.25, 0.3) is 10.9 Å². The number of anilines is 1. The molecule has 1 saturated heterocycles. The molecule has 134 valence electrons. The lowest BCUT2D eigenvalue weighted by Gasteiger charge is -2.36. The van der Waals surface area contributed by atoms with Gasteiger partial charge in [-0.1, -0.05) is 29.3 Å². The summed E-state index contributed by atoms with van der Waals surface area (Å²) in [7, 11) is 0. The predicted octanol–water partition coefficient (Wildman–Crippen LogP) is 3.48. The van der Waals surface area contributed by atoms with Crippen molar-refractivity contribution >= 4 is 39.8 Å². The fourth-order valence-electron chi connectivity index (χ4n) is 3.27.